The number of nitrogens with one attached hydrogen (secondary N) is 2. The number of likely N-dealkylation sites (N-methyl/N-ethyl adjacent to an activating group) is 2. The Morgan fingerprint density at radius 3 is 2.54 bits per heavy atom. The Hall–Kier alpha value is -5.94. The summed E-state index contributed by atoms with van der Waals surface area (Å²) in [5, 5.41) is 11.5. The molecule has 4 aliphatic heterocycles. The molecule has 4 aliphatic rings. The molecule has 2 fully saturated rings. The van der Waals surface area contributed by atoms with Crippen molar-refractivity contribution in [2.24, 2.45) is 4.99 Å². The van der Waals surface area contributed by atoms with Crippen LogP contribution in [0.15, 0.2) is 59.7 Å². The zero-order chi connectivity index (χ0) is 39.7. The smallest absolute Gasteiger partial charge is 0.245 e. The number of carbonyl (C=O) groups excluding carboxylic acids is 2. The van der Waals surface area contributed by atoms with Gasteiger partial charge in [0, 0.05) is 58.0 Å². The summed E-state index contributed by atoms with van der Waals surface area (Å²) in [6.45, 7) is 6.32. The molecule has 2 N–H and O–H groups in total. The van der Waals surface area contributed by atoms with Crippen LogP contribution >= 0.6 is 0 Å². The number of pyridine rings is 1. The number of piperazine rings is 1. The van der Waals surface area contributed by atoms with Crippen molar-refractivity contribution in [1.82, 2.24) is 43.9 Å². The first kappa shape index (κ1) is 36.7. The molecule has 3 aromatic heterocycles. The van der Waals surface area contributed by atoms with Gasteiger partial charge in [0.05, 0.1) is 47.7 Å². The van der Waals surface area contributed by atoms with E-state index < -0.39 is 24.0 Å². The predicted molar refractivity (Wildman–Crippen MR) is 210 cm³/mol. The SMILES string of the molecule is CO[C@H]1CN(C)C(=O)[C@@H]2C[C@@H](CN2C2=NC(N3CCN(C)CC3=O)Nc3c2cnn3-c2ccc(F)cc2F)Nc2cccc(n2)-c2cc(C)cc3nc(C)n(c23)C1. The molecule has 0 aliphatic carbocycles. The van der Waals surface area contributed by atoms with Crippen LogP contribution in [0.5, 0.6) is 0 Å². The Balaban J connectivity index is 1.15. The van der Waals surface area contributed by atoms with E-state index in [0.717, 1.165) is 39.7 Å². The maximum absolute atomic E-state index is 15.3. The van der Waals surface area contributed by atoms with Gasteiger partial charge in [-0.15, -0.1) is 0 Å². The van der Waals surface area contributed by atoms with E-state index in [1.54, 1.807) is 30.2 Å². The summed E-state index contributed by atoms with van der Waals surface area (Å²) in [4.78, 5) is 50.6. The van der Waals surface area contributed by atoms with Gasteiger partial charge < -0.3 is 34.6 Å². The van der Waals surface area contributed by atoms with E-state index in [2.05, 4.69) is 32.4 Å². The van der Waals surface area contributed by atoms with Crippen LogP contribution in [0.4, 0.5) is 20.4 Å². The Morgan fingerprint density at radius 2 is 1.75 bits per heavy atom. The van der Waals surface area contributed by atoms with Crippen LogP contribution in [0.1, 0.15) is 23.4 Å². The van der Waals surface area contributed by atoms with Gasteiger partial charge in [-0.3, -0.25) is 14.5 Å². The Bertz CT molecular complexity index is 2450. The second-order valence-electron chi connectivity index (χ2n) is 15.4. The number of amidine groups is 1. The number of aliphatic imine (C=N–C) groups is 1. The van der Waals surface area contributed by atoms with E-state index in [1.807, 2.05) is 48.9 Å². The minimum atomic E-state index is -0.888. The number of halogens is 2. The monoisotopic (exact) mass is 778 g/mol. The molecular weight excluding hydrogens is 735 g/mol. The van der Waals surface area contributed by atoms with Gasteiger partial charge in [-0.2, -0.15) is 5.10 Å². The fourth-order valence-electron chi connectivity index (χ4n) is 8.55. The minimum Gasteiger partial charge on any atom is -0.378 e. The fourth-order valence-corrected chi connectivity index (χ4v) is 8.55. The van der Waals surface area contributed by atoms with E-state index in [9.17, 15) is 14.0 Å². The van der Waals surface area contributed by atoms with Gasteiger partial charge in [-0.1, -0.05) is 6.07 Å². The third-order valence-electron chi connectivity index (χ3n) is 11.4. The van der Waals surface area contributed by atoms with Crippen molar-refractivity contribution in [2.45, 2.75) is 51.3 Å². The molecule has 4 atom stereocenters. The van der Waals surface area contributed by atoms with Crippen LogP contribution in [0.25, 0.3) is 28.0 Å². The van der Waals surface area contributed by atoms with Crippen molar-refractivity contribution >= 4 is 40.3 Å². The van der Waals surface area contributed by atoms with Crippen LogP contribution < -0.4 is 10.6 Å². The summed E-state index contributed by atoms with van der Waals surface area (Å²) >= 11 is 0. The normalized spacial score (nSPS) is 22.9. The molecule has 17 heteroatoms. The van der Waals surface area contributed by atoms with Crippen molar-refractivity contribution in [3.8, 4) is 16.9 Å². The maximum atomic E-state index is 15.3. The molecule has 57 heavy (non-hydrogen) atoms. The second-order valence-corrected chi connectivity index (χ2v) is 15.4. The largest absolute Gasteiger partial charge is 0.378 e. The summed E-state index contributed by atoms with van der Waals surface area (Å²) in [6.07, 6.45) is 0.701. The molecule has 5 aromatic rings. The van der Waals surface area contributed by atoms with Gasteiger partial charge >= 0.3 is 0 Å². The minimum absolute atomic E-state index is 0.0170. The third-order valence-corrected chi connectivity index (χ3v) is 11.4. The Labute approximate surface area is 327 Å². The van der Waals surface area contributed by atoms with E-state index >= 15 is 4.39 Å². The number of aryl methyl sites for hydroxylation is 2. The fraction of sp³-hybridized carbons (Fsp3) is 0.400. The number of carbonyl (C=O) groups is 2. The summed E-state index contributed by atoms with van der Waals surface area (Å²) < 4.78 is 38.9. The lowest BCUT2D eigenvalue weighted by atomic mass is 10.1. The number of ether oxygens (including phenoxy) is 1. The quantitative estimate of drug-likeness (QED) is 0.280. The van der Waals surface area contributed by atoms with Crippen LogP contribution in [0.3, 0.4) is 0 Å². The van der Waals surface area contributed by atoms with E-state index in [0.29, 0.717) is 62.2 Å². The molecule has 296 valence electrons. The van der Waals surface area contributed by atoms with E-state index in [4.69, 9.17) is 19.7 Å². The number of nitrogens with zero attached hydrogens (tertiary/aromatic N) is 10. The average Bonchev–Trinajstić information content (AvgIpc) is 3.88. The summed E-state index contributed by atoms with van der Waals surface area (Å²) in [6, 6.07) is 12.4. The first-order valence-corrected chi connectivity index (χ1v) is 19.1. The van der Waals surface area contributed by atoms with Gasteiger partial charge in [0.2, 0.25) is 18.1 Å². The van der Waals surface area contributed by atoms with Crippen LogP contribution in [-0.2, 0) is 20.9 Å². The number of aromatic nitrogens is 5. The maximum Gasteiger partial charge on any atom is 0.245 e. The zero-order valence-corrected chi connectivity index (χ0v) is 32.4. The molecule has 0 spiro atoms. The number of benzene rings is 2. The highest BCUT2D eigenvalue weighted by Gasteiger charge is 2.44. The summed E-state index contributed by atoms with van der Waals surface area (Å²) in [5.41, 5.74) is 5.14. The highest BCUT2D eigenvalue weighted by atomic mass is 19.1. The molecule has 9 rings (SSSR count). The third kappa shape index (κ3) is 6.53. The number of hydrogen-bond acceptors (Lipinski definition) is 11. The standard InChI is InChI=1S/C40H44F2N12O3/c1-22-13-27-30-7-6-8-34(46-30)45-25-16-33(39(56)50(4)19-26(57-5)20-52-23(2)44-31(14-22)36(27)52)53(18-25)37-28-17-43-54(32-10-9-24(41)15-29(32)42)38(28)48-40(47-37)51-12-11-49(3)21-35(51)55/h6-10,13-15,17,25-26,33,40,48H,11-12,16,18-21H2,1-5H3,(H,45,46)/t25-,26-,33-,40?/m0/s1. The average molecular weight is 779 g/mol. The van der Waals surface area contributed by atoms with Gasteiger partial charge in [0.15, 0.2) is 5.82 Å². The van der Waals surface area contributed by atoms with E-state index in [1.165, 1.54) is 16.8 Å². The Kier molecular flexibility index (Phi) is 9.15. The van der Waals surface area contributed by atoms with Crippen LogP contribution in [-0.4, -0.2) is 140 Å². The lowest BCUT2D eigenvalue weighted by Gasteiger charge is -2.40. The number of hydrogen-bond donors (Lipinski definition) is 2. The lowest BCUT2D eigenvalue weighted by molar-refractivity contribution is -0.137. The van der Waals surface area contributed by atoms with Gasteiger partial charge in [-0.05, 0) is 69.3 Å². The molecule has 7 heterocycles. The summed E-state index contributed by atoms with van der Waals surface area (Å²) in [5.74, 6) is 0.458. The number of anilines is 2. The number of likely N-dealkylation sites (tertiary alicyclic amines) is 1. The van der Waals surface area contributed by atoms with Crippen molar-refractivity contribution in [1.29, 1.82) is 0 Å². The van der Waals surface area contributed by atoms with Crippen molar-refractivity contribution in [3.63, 3.8) is 0 Å². The molecule has 0 radical (unpaired) electrons. The van der Waals surface area contributed by atoms with Crippen molar-refractivity contribution in [3.05, 3.63) is 83.3 Å². The lowest BCUT2D eigenvalue weighted by Crippen LogP contribution is -2.56. The number of fused-ring (bicyclic) bond motifs is 6. The van der Waals surface area contributed by atoms with Crippen molar-refractivity contribution in [2.75, 3.05) is 64.6 Å². The van der Waals surface area contributed by atoms with Crippen LogP contribution in [0.2, 0.25) is 0 Å². The highest BCUT2D eigenvalue weighted by Crippen LogP contribution is 2.35. The molecule has 2 saturated heterocycles. The number of methoxy groups -OCH3 is 1. The van der Waals surface area contributed by atoms with Crippen LogP contribution in [0, 0.1) is 25.5 Å². The van der Waals surface area contributed by atoms with Gasteiger partial charge in [0.25, 0.3) is 0 Å². The molecule has 0 saturated carbocycles. The first-order valence-electron chi connectivity index (χ1n) is 19.1. The number of amides is 2. The Morgan fingerprint density at radius 1 is 0.912 bits per heavy atom. The second kappa shape index (κ2) is 14.2. The zero-order valence-electron chi connectivity index (χ0n) is 32.4. The predicted octanol–water partition coefficient (Wildman–Crippen LogP) is 3.45. The van der Waals surface area contributed by atoms with Gasteiger partial charge in [0.1, 0.15) is 40.8 Å². The summed E-state index contributed by atoms with van der Waals surface area (Å²) in [7, 11) is 5.31. The molecule has 15 nitrogen and oxygen atoms in total. The number of rotatable bonds is 3. The molecule has 2 aromatic carbocycles. The molecular formula is C40H44F2N12O3. The van der Waals surface area contributed by atoms with E-state index in [-0.39, 0.29) is 36.2 Å². The molecule has 2 amide bonds. The molecule has 1 unspecified atom stereocenters. The highest BCUT2D eigenvalue weighted by molar-refractivity contribution is 6.06. The first-order chi connectivity index (χ1) is 27.4. The number of imidazole rings is 1. The van der Waals surface area contributed by atoms with Gasteiger partial charge in [-0.25, -0.2) is 28.4 Å². The topological polar surface area (TPSA) is 141 Å². The van der Waals surface area contributed by atoms with Crippen molar-refractivity contribution < 1.29 is 23.1 Å². The molecule has 4 bridgehead atoms.